The van der Waals surface area contributed by atoms with E-state index >= 15 is 0 Å². The molecular weight excluding hydrogens is 396 g/mol. The number of nitrogens with zero attached hydrogens (tertiary/aromatic N) is 5. The third-order valence-electron chi connectivity index (χ3n) is 5.45. The Bertz CT molecular complexity index is 1070. The molecular formula is C22H22N6O3. The van der Waals surface area contributed by atoms with Crippen molar-refractivity contribution in [2.45, 2.75) is 18.8 Å². The Hall–Kier alpha value is -3.75. The highest BCUT2D eigenvalue weighted by Gasteiger charge is 2.26. The molecule has 2 aromatic heterocycles. The lowest BCUT2D eigenvalue weighted by atomic mass is 9.93. The summed E-state index contributed by atoms with van der Waals surface area (Å²) in [6.45, 7) is 2.37. The lowest BCUT2D eigenvalue weighted by Crippen LogP contribution is -2.38. The van der Waals surface area contributed by atoms with E-state index in [1.165, 1.54) is 0 Å². The minimum Gasteiger partial charge on any atom is -0.486 e. The molecule has 1 fully saturated rings. The van der Waals surface area contributed by atoms with Gasteiger partial charge in [0, 0.05) is 43.2 Å². The summed E-state index contributed by atoms with van der Waals surface area (Å²) in [5.74, 6) is 2.67. The highest BCUT2D eigenvalue weighted by molar-refractivity contribution is 5.95. The maximum atomic E-state index is 13.0. The topological polar surface area (TPSA) is 102 Å². The normalized spacial score (nSPS) is 16.1. The van der Waals surface area contributed by atoms with E-state index < -0.39 is 0 Å². The maximum absolute atomic E-state index is 13.0. The predicted octanol–water partition coefficient (Wildman–Crippen LogP) is 2.80. The van der Waals surface area contributed by atoms with E-state index in [0.29, 0.717) is 55.1 Å². The lowest BCUT2D eigenvalue weighted by Gasteiger charge is -2.32. The molecule has 1 saturated heterocycles. The van der Waals surface area contributed by atoms with Crippen molar-refractivity contribution in [2.24, 2.45) is 0 Å². The van der Waals surface area contributed by atoms with Crippen LogP contribution in [0.25, 0.3) is 0 Å². The average Bonchev–Trinajstić information content (AvgIpc) is 2.84. The number of benzene rings is 1. The number of carbonyl (C=O) groups excluding carboxylic acids is 1. The quantitative estimate of drug-likeness (QED) is 0.690. The van der Waals surface area contributed by atoms with E-state index in [9.17, 15) is 4.79 Å². The lowest BCUT2D eigenvalue weighted by molar-refractivity contribution is 0.0711. The van der Waals surface area contributed by atoms with Crippen molar-refractivity contribution in [1.82, 2.24) is 24.8 Å². The van der Waals surface area contributed by atoms with Crippen LogP contribution in [0, 0.1) is 0 Å². The van der Waals surface area contributed by atoms with Gasteiger partial charge in [-0.25, -0.2) is 15.0 Å². The summed E-state index contributed by atoms with van der Waals surface area (Å²) < 4.78 is 11.1. The van der Waals surface area contributed by atoms with Crippen LogP contribution in [-0.4, -0.2) is 57.0 Å². The first-order valence-electron chi connectivity index (χ1n) is 10.3. The van der Waals surface area contributed by atoms with E-state index in [1.807, 2.05) is 4.90 Å². The summed E-state index contributed by atoms with van der Waals surface area (Å²) in [5, 5.41) is 3.07. The van der Waals surface area contributed by atoms with Crippen molar-refractivity contribution in [2.75, 3.05) is 31.6 Å². The molecule has 0 unspecified atom stereocenters. The summed E-state index contributed by atoms with van der Waals surface area (Å²) in [6.07, 6.45) is 8.44. The van der Waals surface area contributed by atoms with Crippen molar-refractivity contribution < 1.29 is 14.3 Å². The first kappa shape index (κ1) is 19.2. The second-order valence-corrected chi connectivity index (χ2v) is 7.45. The summed E-state index contributed by atoms with van der Waals surface area (Å²) in [7, 11) is 0. The van der Waals surface area contributed by atoms with Gasteiger partial charge >= 0.3 is 0 Å². The fourth-order valence-electron chi connectivity index (χ4n) is 3.85. The van der Waals surface area contributed by atoms with Crippen molar-refractivity contribution in [1.29, 1.82) is 0 Å². The van der Waals surface area contributed by atoms with Gasteiger partial charge in [0.1, 0.15) is 13.2 Å². The first-order chi connectivity index (χ1) is 15.3. The summed E-state index contributed by atoms with van der Waals surface area (Å²) >= 11 is 0. The van der Waals surface area contributed by atoms with Crippen molar-refractivity contribution >= 4 is 17.7 Å². The minimum atomic E-state index is 0.0122. The van der Waals surface area contributed by atoms with E-state index in [1.54, 1.807) is 49.1 Å². The fourth-order valence-corrected chi connectivity index (χ4v) is 3.85. The second kappa shape index (κ2) is 8.55. The third kappa shape index (κ3) is 4.25. The smallest absolute Gasteiger partial charge is 0.253 e. The number of carbonyl (C=O) groups is 1. The van der Waals surface area contributed by atoms with Gasteiger partial charge in [-0.15, -0.1) is 0 Å². The number of anilines is 2. The number of aromatic nitrogens is 4. The Labute approximate surface area is 179 Å². The Morgan fingerprint density at radius 1 is 1.03 bits per heavy atom. The van der Waals surface area contributed by atoms with Gasteiger partial charge < -0.3 is 19.7 Å². The molecule has 2 aliphatic heterocycles. The fraction of sp³-hybridized carbons (Fsp3) is 0.318. The Kier molecular flexibility index (Phi) is 5.30. The number of hydrogen-bond acceptors (Lipinski definition) is 8. The number of hydrogen-bond donors (Lipinski definition) is 1. The van der Waals surface area contributed by atoms with Gasteiger partial charge in [0.15, 0.2) is 17.3 Å². The van der Waals surface area contributed by atoms with E-state index in [2.05, 4.69) is 25.3 Å². The van der Waals surface area contributed by atoms with Crippen LogP contribution in [0.1, 0.15) is 34.8 Å². The minimum absolute atomic E-state index is 0.0122. The van der Waals surface area contributed by atoms with Crippen LogP contribution in [0.5, 0.6) is 11.5 Å². The van der Waals surface area contributed by atoms with Crippen molar-refractivity contribution in [3.8, 4) is 11.5 Å². The van der Waals surface area contributed by atoms with E-state index in [4.69, 9.17) is 9.47 Å². The largest absolute Gasteiger partial charge is 0.486 e. The van der Waals surface area contributed by atoms with Crippen LogP contribution < -0.4 is 14.8 Å². The maximum Gasteiger partial charge on any atom is 0.253 e. The molecule has 0 aliphatic carbocycles. The van der Waals surface area contributed by atoms with Crippen LogP contribution in [0.4, 0.5) is 11.8 Å². The SMILES string of the molecule is O=C(c1ccc2c(c1)OCCO2)N1CCC(c2cncc(Nc3ncccn3)n2)CC1. The number of fused-ring (bicyclic) bond motifs is 1. The van der Waals surface area contributed by atoms with Gasteiger partial charge in [-0.2, -0.15) is 0 Å². The second-order valence-electron chi connectivity index (χ2n) is 7.45. The molecule has 9 heteroatoms. The Morgan fingerprint density at radius 3 is 2.61 bits per heavy atom. The monoisotopic (exact) mass is 418 g/mol. The summed E-state index contributed by atoms with van der Waals surface area (Å²) in [4.78, 5) is 32.1. The van der Waals surface area contributed by atoms with Crippen LogP contribution in [0.15, 0.2) is 49.1 Å². The molecule has 1 amide bonds. The molecule has 0 radical (unpaired) electrons. The number of nitrogens with one attached hydrogen (secondary N) is 1. The Morgan fingerprint density at radius 2 is 1.81 bits per heavy atom. The average molecular weight is 418 g/mol. The molecule has 31 heavy (non-hydrogen) atoms. The zero-order chi connectivity index (χ0) is 21.0. The molecule has 9 nitrogen and oxygen atoms in total. The van der Waals surface area contributed by atoms with Gasteiger partial charge in [-0.05, 0) is 37.1 Å². The number of likely N-dealkylation sites (tertiary alicyclic amines) is 1. The molecule has 2 aliphatic rings. The van der Waals surface area contributed by atoms with Gasteiger partial charge in [0.05, 0.1) is 11.9 Å². The van der Waals surface area contributed by atoms with Crippen molar-refractivity contribution in [3.63, 3.8) is 0 Å². The van der Waals surface area contributed by atoms with Crippen LogP contribution in [0.3, 0.4) is 0 Å². The number of ether oxygens (including phenoxy) is 2. The zero-order valence-corrected chi connectivity index (χ0v) is 16.9. The molecule has 1 N–H and O–H groups in total. The Balaban J connectivity index is 1.22. The third-order valence-corrected chi connectivity index (χ3v) is 5.45. The number of piperidine rings is 1. The van der Waals surface area contributed by atoms with Gasteiger partial charge in [-0.1, -0.05) is 0 Å². The molecule has 5 rings (SSSR count). The van der Waals surface area contributed by atoms with Gasteiger partial charge in [0.25, 0.3) is 5.91 Å². The van der Waals surface area contributed by atoms with Gasteiger partial charge in [0.2, 0.25) is 5.95 Å². The molecule has 4 heterocycles. The zero-order valence-electron chi connectivity index (χ0n) is 16.9. The molecule has 158 valence electrons. The van der Waals surface area contributed by atoms with E-state index in [0.717, 1.165) is 18.5 Å². The van der Waals surface area contributed by atoms with Crippen LogP contribution >= 0.6 is 0 Å². The standard InChI is InChI=1S/C22H22N6O3/c29-21(16-2-3-18-19(12-16)31-11-10-30-18)28-8-4-15(5-9-28)17-13-23-14-20(26-17)27-22-24-6-1-7-25-22/h1-3,6-7,12-15H,4-5,8-11H2,(H,24,25,26,27). The van der Waals surface area contributed by atoms with Gasteiger partial charge in [-0.3, -0.25) is 9.78 Å². The van der Waals surface area contributed by atoms with E-state index in [-0.39, 0.29) is 11.8 Å². The molecule has 0 atom stereocenters. The molecule has 1 aromatic carbocycles. The molecule has 0 bridgehead atoms. The van der Waals surface area contributed by atoms with Crippen LogP contribution in [-0.2, 0) is 0 Å². The number of amides is 1. The molecule has 0 spiro atoms. The van der Waals surface area contributed by atoms with Crippen molar-refractivity contribution in [3.05, 3.63) is 60.3 Å². The summed E-state index contributed by atoms with van der Waals surface area (Å²) in [5.41, 5.74) is 1.53. The predicted molar refractivity (Wildman–Crippen MR) is 113 cm³/mol. The summed E-state index contributed by atoms with van der Waals surface area (Å²) in [6, 6.07) is 7.13. The molecule has 0 saturated carbocycles. The highest BCUT2D eigenvalue weighted by Crippen LogP contribution is 2.32. The molecule has 3 aromatic rings. The number of rotatable bonds is 4. The first-order valence-corrected chi connectivity index (χ1v) is 10.3. The highest BCUT2D eigenvalue weighted by atomic mass is 16.6. The van der Waals surface area contributed by atoms with Crippen LogP contribution in [0.2, 0.25) is 0 Å².